The number of aliphatic carboxylic acids is 1. The van der Waals surface area contributed by atoms with Crippen LogP contribution >= 0.6 is 24.8 Å². The normalized spacial score (nSPS) is 28.4. The van der Waals surface area contributed by atoms with Gasteiger partial charge >= 0.3 is 5.97 Å². The fourth-order valence-corrected chi connectivity index (χ4v) is 4.47. The molecule has 1 aliphatic carbocycles. The third-order valence-electron chi connectivity index (χ3n) is 6.18. The number of aryl methyl sites for hydroxylation is 1. The van der Waals surface area contributed by atoms with E-state index in [1.54, 1.807) is 12.1 Å². The molecule has 0 aromatic heterocycles. The van der Waals surface area contributed by atoms with Crippen LogP contribution in [-0.2, 0) is 4.79 Å². The SMILES string of the molecule is Cc1ccc(F)c(OC2(C(=O)O)CCN(CC3[C@H]4CNC[C@@H]34)CC2)c1.Cl.Cl. The van der Waals surface area contributed by atoms with Crippen LogP contribution in [0.15, 0.2) is 18.2 Å². The van der Waals surface area contributed by atoms with Crippen molar-refractivity contribution in [2.45, 2.75) is 25.4 Å². The maximum atomic E-state index is 14.0. The first-order valence-electron chi connectivity index (χ1n) is 9.10. The van der Waals surface area contributed by atoms with Crippen molar-refractivity contribution in [3.05, 3.63) is 29.6 Å². The molecular weight excluding hydrogens is 394 g/mol. The second kappa shape index (κ2) is 8.52. The van der Waals surface area contributed by atoms with Crippen molar-refractivity contribution in [3.8, 4) is 5.75 Å². The maximum absolute atomic E-state index is 14.0. The van der Waals surface area contributed by atoms with E-state index in [2.05, 4.69) is 10.2 Å². The van der Waals surface area contributed by atoms with E-state index in [1.807, 2.05) is 6.92 Å². The number of carboxylic acid groups (broad SMARTS) is 1. The van der Waals surface area contributed by atoms with Gasteiger partial charge in [-0.2, -0.15) is 0 Å². The molecule has 5 nitrogen and oxygen atoms in total. The molecule has 0 amide bonds. The first kappa shape index (κ1) is 22.2. The fraction of sp³-hybridized carbons (Fsp3) is 0.632. The van der Waals surface area contributed by atoms with Gasteiger partial charge in [-0.3, -0.25) is 0 Å². The Morgan fingerprint density at radius 2 is 1.93 bits per heavy atom. The van der Waals surface area contributed by atoms with Gasteiger partial charge < -0.3 is 20.1 Å². The Morgan fingerprint density at radius 3 is 2.52 bits per heavy atom. The lowest BCUT2D eigenvalue weighted by Gasteiger charge is -2.39. The van der Waals surface area contributed by atoms with Gasteiger partial charge in [0.1, 0.15) is 0 Å². The molecule has 1 unspecified atom stereocenters. The highest BCUT2D eigenvalue weighted by atomic mass is 35.5. The number of nitrogens with one attached hydrogen (secondary N) is 1. The number of hydrogen-bond acceptors (Lipinski definition) is 4. The van der Waals surface area contributed by atoms with Crippen molar-refractivity contribution in [1.29, 1.82) is 0 Å². The van der Waals surface area contributed by atoms with E-state index < -0.39 is 17.4 Å². The summed E-state index contributed by atoms with van der Waals surface area (Å²) in [5.74, 6) is 0.910. The van der Waals surface area contributed by atoms with E-state index in [0.717, 1.165) is 43.0 Å². The molecule has 1 saturated carbocycles. The zero-order valence-electron chi connectivity index (χ0n) is 15.3. The van der Waals surface area contributed by atoms with Crippen molar-refractivity contribution in [2.24, 2.45) is 17.8 Å². The van der Waals surface area contributed by atoms with Crippen LogP contribution in [0.2, 0.25) is 0 Å². The predicted octanol–water partition coefficient (Wildman–Crippen LogP) is 2.74. The summed E-state index contributed by atoms with van der Waals surface area (Å²) < 4.78 is 19.8. The van der Waals surface area contributed by atoms with E-state index in [0.29, 0.717) is 25.9 Å². The number of benzene rings is 1. The summed E-state index contributed by atoms with van der Waals surface area (Å²) in [5.41, 5.74) is -0.477. The molecule has 0 spiro atoms. The molecule has 1 aromatic rings. The Kier molecular flexibility index (Phi) is 7.01. The minimum absolute atomic E-state index is 0. The minimum Gasteiger partial charge on any atom is -0.478 e. The van der Waals surface area contributed by atoms with Crippen LogP contribution in [0.25, 0.3) is 0 Å². The molecule has 2 heterocycles. The zero-order chi connectivity index (χ0) is 17.6. The van der Waals surface area contributed by atoms with Crippen molar-refractivity contribution >= 4 is 30.8 Å². The van der Waals surface area contributed by atoms with E-state index in [-0.39, 0.29) is 30.6 Å². The largest absolute Gasteiger partial charge is 0.478 e. The third-order valence-corrected chi connectivity index (χ3v) is 6.18. The molecule has 3 aliphatic rings. The summed E-state index contributed by atoms with van der Waals surface area (Å²) in [6.45, 7) is 6.50. The van der Waals surface area contributed by atoms with Crippen LogP contribution < -0.4 is 10.1 Å². The maximum Gasteiger partial charge on any atom is 0.348 e. The second-order valence-electron chi connectivity index (χ2n) is 7.79. The average molecular weight is 421 g/mol. The molecule has 0 radical (unpaired) electrons. The molecule has 2 aliphatic heterocycles. The van der Waals surface area contributed by atoms with Gasteiger partial charge in [0.25, 0.3) is 0 Å². The number of halogens is 3. The summed E-state index contributed by atoms with van der Waals surface area (Å²) in [5, 5.41) is 13.2. The summed E-state index contributed by atoms with van der Waals surface area (Å²) in [4.78, 5) is 14.3. The highest BCUT2D eigenvalue weighted by Crippen LogP contribution is 2.49. The molecule has 1 aromatic carbocycles. The smallest absolute Gasteiger partial charge is 0.348 e. The average Bonchev–Trinajstić information content (AvgIpc) is 3.01. The fourth-order valence-electron chi connectivity index (χ4n) is 4.47. The van der Waals surface area contributed by atoms with Crippen molar-refractivity contribution in [2.75, 3.05) is 32.7 Å². The van der Waals surface area contributed by atoms with E-state index in [4.69, 9.17) is 4.74 Å². The number of rotatable bonds is 5. The summed E-state index contributed by atoms with van der Waals surface area (Å²) in [7, 11) is 0. The monoisotopic (exact) mass is 420 g/mol. The van der Waals surface area contributed by atoms with Gasteiger partial charge in [-0.05, 0) is 55.5 Å². The standard InChI is InChI=1S/C19H25FN2O3.2ClH/c1-12-2-3-16(20)17(8-12)25-19(18(23)24)4-6-22(7-5-19)11-15-13-9-21-10-14(13)15;;/h2-3,8,13-15,21H,4-7,9-11H2,1H3,(H,23,24);2*1H/t13-,14+,15?;;. The van der Waals surface area contributed by atoms with Crippen LogP contribution in [0.1, 0.15) is 18.4 Å². The molecular formula is C19H27Cl2FN2O3. The van der Waals surface area contributed by atoms with Gasteiger partial charge in [-0.1, -0.05) is 6.07 Å². The molecule has 3 fully saturated rings. The van der Waals surface area contributed by atoms with Gasteiger partial charge in [-0.15, -0.1) is 24.8 Å². The first-order valence-corrected chi connectivity index (χ1v) is 9.10. The van der Waals surface area contributed by atoms with Crippen molar-refractivity contribution in [3.63, 3.8) is 0 Å². The van der Waals surface area contributed by atoms with Crippen molar-refractivity contribution < 1.29 is 19.0 Å². The quantitative estimate of drug-likeness (QED) is 0.766. The molecule has 2 N–H and O–H groups in total. The van der Waals surface area contributed by atoms with Crippen LogP contribution in [0, 0.1) is 30.5 Å². The molecule has 27 heavy (non-hydrogen) atoms. The van der Waals surface area contributed by atoms with E-state index >= 15 is 0 Å². The summed E-state index contributed by atoms with van der Waals surface area (Å²) in [6, 6.07) is 4.56. The number of piperidine rings is 2. The topological polar surface area (TPSA) is 61.8 Å². The number of ether oxygens (including phenoxy) is 1. The van der Waals surface area contributed by atoms with Crippen molar-refractivity contribution in [1.82, 2.24) is 10.2 Å². The first-order chi connectivity index (χ1) is 12.0. The Hall–Kier alpha value is -1.08. The van der Waals surface area contributed by atoms with Gasteiger partial charge in [0.2, 0.25) is 5.60 Å². The van der Waals surface area contributed by atoms with Crippen LogP contribution in [0.5, 0.6) is 5.75 Å². The molecule has 3 atom stereocenters. The second-order valence-corrected chi connectivity index (χ2v) is 7.79. The molecule has 152 valence electrons. The summed E-state index contributed by atoms with van der Waals surface area (Å²) in [6.07, 6.45) is 0.770. The Balaban J connectivity index is 0.00000131. The molecule has 0 bridgehead atoms. The third kappa shape index (κ3) is 4.34. The number of carbonyl (C=O) groups is 1. The highest BCUT2D eigenvalue weighted by Gasteiger charge is 2.53. The molecule has 4 rings (SSSR count). The van der Waals surface area contributed by atoms with E-state index in [9.17, 15) is 14.3 Å². The number of hydrogen-bond donors (Lipinski definition) is 2. The number of likely N-dealkylation sites (tertiary alicyclic amines) is 1. The number of carboxylic acids is 1. The Labute approximate surface area is 171 Å². The van der Waals surface area contributed by atoms with E-state index in [1.165, 1.54) is 6.07 Å². The number of nitrogens with zero attached hydrogens (tertiary/aromatic N) is 1. The Morgan fingerprint density at radius 1 is 1.30 bits per heavy atom. The number of fused-ring (bicyclic) bond motifs is 1. The zero-order valence-corrected chi connectivity index (χ0v) is 17.0. The van der Waals surface area contributed by atoms with Gasteiger partial charge in [0.15, 0.2) is 11.6 Å². The van der Waals surface area contributed by atoms with Gasteiger partial charge in [0.05, 0.1) is 0 Å². The van der Waals surface area contributed by atoms with Gasteiger partial charge in [-0.25, -0.2) is 9.18 Å². The Bertz CT molecular complexity index is 673. The lowest BCUT2D eigenvalue weighted by molar-refractivity contribution is -0.160. The van der Waals surface area contributed by atoms with Crippen LogP contribution in [0.3, 0.4) is 0 Å². The predicted molar refractivity (Wildman–Crippen MR) is 106 cm³/mol. The van der Waals surface area contributed by atoms with Crippen LogP contribution in [0.4, 0.5) is 4.39 Å². The highest BCUT2D eigenvalue weighted by molar-refractivity contribution is 5.85. The lowest BCUT2D eigenvalue weighted by atomic mass is 9.90. The molecule has 8 heteroatoms. The molecule has 2 saturated heterocycles. The van der Waals surface area contributed by atoms with Gasteiger partial charge in [0, 0.05) is 32.5 Å². The van der Waals surface area contributed by atoms with Crippen LogP contribution in [-0.4, -0.2) is 54.3 Å². The summed E-state index contributed by atoms with van der Waals surface area (Å²) >= 11 is 0. The minimum atomic E-state index is -1.33. The lowest BCUT2D eigenvalue weighted by Crippen LogP contribution is -2.53.